The molecule has 0 aromatic heterocycles. The zero-order chi connectivity index (χ0) is 11.1. The lowest BCUT2D eigenvalue weighted by Crippen LogP contribution is -2.08. The molecule has 0 heterocycles. The highest BCUT2D eigenvalue weighted by atomic mass is 15.2. The summed E-state index contributed by atoms with van der Waals surface area (Å²) in [7, 11) is 0. The van der Waals surface area contributed by atoms with E-state index in [2.05, 4.69) is 51.7 Å². The van der Waals surface area contributed by atoms with Gasteiger partial charge in [-0.25, -0.2) is 0 Å². The Morgan fingerprint density at radius 1 is 0.786 bits per heavy atom. The lowest BCUT2D eigenvalue weighted by Gasteiger charge is -2.07. The lowest BCUT2D eigenvalue weighted by molar-refractivity contribution is 0.828. The first kappa shape index (κ1) is 13.3. The van der Waals surface area contributed by atoms with Gasteiger partial charge in [-0.2, -0.15) is 10.2 Å². The second-order valence-electron chi connectivity index (χ2n) is 4.20. The van der Waals surface area contributed by atoms with Gasteiger partial charge in [-0.3, -0.25) is 0 Å². The summed E-state index contributed by atoms with van der Waals surface area (Å²) in [6.45, 7) is 12.9. The van der Waals surface area contributed by atoms with Crippen molar-refractivity contribution in [2.45, 2.75) is 54.4 Å². The van der Waals surface area contributed by atoms with Crippen LogP contribution in [0.2, 0.25) is 0 Å². The number of hydrogen-bond donors (Lipinski definition) is 0. The average molecular weight is 196 g/mol. The SMILES string of the molecule is CC/C(=N/N=C(\CC)C(C)C)C(C)C. The minimum atomic E-state index is 0.508. The third kappa shape index (κ3) is 4.54. The van der Waals surface area contributed by atoms with Crippen LogP contribution in [-0.4, -0.2) is 11.4 Å². The summed E-state index contributed by atoms with van der Waals surface area (Å²) in [5.41, 5.74) is 2.38. The zero-order valence-corrected chi connectivity index (χ0v) is 10.5. The molecule has 0 aromatic carbocycles. The van der Waals surface area contributed by atoms with E-state index in [4.69, 9.17) is 0 Å². The fraction of sp³-hybridized carbons (Fsp3) is 0.833. The zero-order valence-electron chi connectivity index (χ0n) is 10.5. The van der Waals surface area contributed by atoms with Crippen molar-refractivity contribution in [2.24, 2.45) is 22.0 Å². The van der Waals surface area contributed by atoms with Crippen molar-refractivity contribution in [3.63, 3.8) is 0 Å². The van der Waals surface area contributed by atoms with E-state index in [1.807, 2.05) is 0 Å². The first-order chi connectivity index (χ1) is 6.52. The van der Waals surface area contributed by atoms with Gasteiger partial charge in [-0.15, -0.1) is 0 Å². The summed E-state index contributed by atoms with van der Waals surface area (Å²) in [4.78, 5) is 0. The molecule has 82 valence electrons. The largest absolute Gasteiger partial charge is 0.160 e. The number of rotatable bonds is 5. The molecule has 0 spiro atoms. The van der Waals surface area contributed by atoms with Gasteiger partial charge in [0.2, 0.25) is 0 Å². The molecule has 0 radical (unpaired) electrons. The van der Waals surface area contributed by atoms with Crippen molar-refractivity contribution in [1.82, 2.24) is 0 Å². The Balaban J connectivity index is 4.61. The van der Waals surface area contributed by atoms with E-state index in [0.717, 1.165) is 12.8 Å². The molecule has 0 aliphatic rings. The van der Waals surface area contributed by atoms with Gasteiger partial charge in [0.25, 0.3) is 0 Å². The van der Waals surface area contributed by atoms with Gasteiger partial charge in [0.05, 0.1) is 0 Å². The molecule has 0 N–H and O–H groups in total. The molecule has 0 fully saturated rings. The molecule has 0 aliphatic heterocycles. The first-order valence-electron chi connectivity index (χ1n) is 5.66. The van der Waals surface area contributed by atoms with Crippen LogP contribution in [0.1, 0.15) is 54.4 Å². The van der Waals surface area contributed by atoms with Gasteiger partial charge < -0.3 is 0 Å². The van der Waals surface area contributed by atoms with Crippen molar-refractivity contribution >= 4 is 11.4 Å². The van der Waals surface area contributed by atoms with Crippen LogP contribution >= 0.6 is 0 Å². The van der Waals surface area contributed by atoms with Crippen LogP contribution in [0.4, 0.5) is 0 Å². The van der Waals surface area contributed by atoms with E-state index in [1.54, 1.807) is 0 Å². The second kappa shape index (κ2) is 6.74. The highest BCUT2D eigenvalue weighted by Gasteiger charge is 2.04. The van der Waals surface area contributed by atoms with Crippen LogP contribution in [0.5, 0.6) is 0 Å². The van der Waals surface area contributed by atoms with Crippen molar-refractivity contribution in [3.05, 3.63) is 0 Å². The van der Waals surface area contributed by atoms with E-state index in [9.17, 15) is 0 Å². The molecule has 0 saturated heterocycles. The molecular weight excluding hydrogens is 172 g/mol. The Morgan fingerprint density at radius 2 is 1.07 bits per heavy atom. The molecule has 2 nitrogen and oxygen atoms in total. The minimum Gasteiger partial charge on any atom is -0.160 e. The van der Waals surface area contributed by atoms with Crippen LogP contribution < -0.4 is 0 Å². The lowest BCUT2D eigenvalue weighted by atomic mass is 10.1. The van der Waals surface area contributed by atoms with Gasteiger partial charge in [-0.1, -0.05) is 41.5 Å². The predicted octanol–water partition coefficient (Wildman–Crippen LogP) is 3.92. The van der Waals surface area contributed by atoms with Crippen molar-refractivity contribution in [2.75, 3.05) is 0 Å². The van der Waals surface area contributed by atoms with Crippen molar-refractivity contribution in [3.8, 4) is 0 Å². The number of hydrogen-bond acceptors (Lipinski definition) is 2. The van der Waals surface area contributed by atoms with Gasteiger partial charge in [-0.05, 0) is 24.7 Å². The van der Waals surface area contributed by atoms with E-state index in [0.29, 0.717) is 11.8 Å². The van der Waals surface area contributed by atoms with E-state index in [-0.39, 0.29) is 0 Å². The van der Waals surface area contributed by atoms with Crippen LogP contribution in [0.25, 0.3) is 0 Å². The Morgan fingerprint density at radius 3 is 1.21 bits per heavy atom. The number of nitrogens with zero attached hydrogens (tertiary/aromatic N) is 2. The van der Waals surface area contributed by atoms with Crippen molar-refractivity contribution in [1.29, 1.82) is 0 Å². The maximum absolute atomic E-state index is 4.34. The minimum absolute atomic E-state index is 0.508. The summed E-state index contributed by atoms with van der Waals surface area (Å²) in [6.07, 6.45) is 1.99. The summed E-state index contributed by atoms with van der Waals surface area (Å²) in [5, 5.41) is 8.68. The molecule has 2 heteroatoms. The van der Waals surface area contributed by atoms with E-state index < -0.39 is 0 Å². The Bertz CT molecular complexity index is 188. The second-order valence-corrected chi connectivity index (χ2v) is 4.20. The summed E-state index contributed by atoms with van der Waals surface area (Å²) < 4.78 is 0. The standard InChI is InChI=1S/C12H24N2/c1-7-11(9(3)4)13-14-12(8-2)10(5)6/h9-10H,7-8H2,1-6H3/b13-11-,14-12+. The maximum Gasteiger partial charge on any atom is 0.0428 e. The van der Waals surface area contributed by atoms with Gasteiger partial charge >= 0.3 is 0 Å². The molecule has 0 atom stereocenters. The first-order valence-corrected chi connectivity index (χ1v) is 5.66. The molecule has 14 heavy (non-hydrogen) atoms. The predicted molar refractivity (Wildman–Crippen MR) is 65.1 cm³/mol. The summed E-state index contributed by atoms with van der Waals surface area (Å²) in [5.74, 6) is 1.02. The highest BCUT2D eigenvalue weighted by molar-refractivity contribution is 5.89. The maximum atomic E-state index is 4.34. The average Bonchev–Trinajstić information content (AvgIpc) is 2.11. The quantitative estimate of drug-likeness (QED) is 0.470. The van der Waals surface area contributed by atoms with Crippen LogP contribution in [0, 0.1) is 11.8 Å². The normalized spacial score (nSPS) is 14.3. The van der Waals surface area contributed by atoms with E-state index in [1.165, 1.54) is 11.4 Å². The molecule has 0 saturated carbocycles. The molecular formula is C12H24N2. The van der Waals surface area contributed by atoms with Crippen LogP contribution in [0.3, 0.4) is 0 Å². The molecule has 0 amide bonds. The smallest absolute Gasteiger partial charge is 0.0428 e. The summed E-state index contributed by atoms with van der Waals surface area (Å²) >= 11 is 0. The van der Waals surface area contributed by atoms with Gasteiger partial charge in [0, 0.05) is 11.4 Å². The molecule has 0 unspecified atom stereocenters. The highest BCUT2D eigenvalue weighted by Crippen LogP contribution is 2.05. The topological polar surface area (TPSA) is 24.7 Å². The molecule has 0 rings (SSSR count). The van der Waals surface area contributed by atoms with Crippen LogP contribution in [0.15, 0.2) is 10.2 Å². The Labute approximate surface area is 88.5 Å². The molecule has 0 aliphatic carbocycles. The molecule has 0 aromatic rings. The van der Waals surface area contributed by atoms with Gasteiger partial charge in [0.1, 0.15) is 0 Å². The Kier molecular flexibility index (Phi) is 6.43. The third-order valence-corrected chi connectivity index (χ3v) is 2.36. The van der Waals surface area contributed by atoms with E-state index >= 15 is 0 Å². The van der Waals surface area contributed by atoms with Gasteiger partial charge in [0.15, 0.2) is 0 Å². The fourth-order valence-corrected chi connectivity index (χ4v) is 1.32. The fourth-order valence-electron chi connectivity index (χ4n) is 1.32. The Hall–Kier alpha value is -0.660. The van der Waals surface area contributed by atoms with Crippen LogP contribution in [-0.2, 0) is 0 Å². The molecule has 0 bridgehead atoms. The third-order valence-electron chi connectivity index (χ3n) is 2.36. The monoisotopic (exact) mass is 196 g/mol. The van der Waals surface area contributed by atoms with Crippen molar-refractivity contribution < 1.29 is 0 Å². The summed E-state index contributed by atoms with van der Waals surface area (Å²) in [6, 6.07) is 0.